The van der Waals surface area contributed by atoms with E-state index in [1.807, 2.05) is 24.3 Å². The first-order chi connectivity index (χ1) is 13.5. The Morgan fingerprint density at radius 3 is 2.07 bits per heavy atom. The third-order valence-electron chi connectivity index (χ3n) is 4.56. The number of sulfonamides is 1. The maximum atomic E-state index is 12.3. The van der Waals surface area contributed by atoms with Crippen LogP contribution in [0.3, 0.4) is 0 Å². The highest BCUT2D eigenvalue weighted by Crippen LogP contribution is 2.24. The zero-order chi connectivity index (χ0) is 21.7. The van der Waals surface area contributed by atoms with Crippen molar-refractivity contribution in [1.82, 2.24) is 10.0 Å². The van der Waals surface area contributed by atoms with Crippen molar-refractivity contribution >= 4 is 15.9 Å². The van der Waals surface area contributed by atoms with E-state index in [2.05, 4.69) is 30.8 Å². The Morgan fingerprint density at radius 1 is 1.00 bits per heavy atom. The van der Waals surface area contributed by atoms with Gasteiger partial charge in [-0.1, -0.05) is 57.2 Å². The van der Waals surface area contributed by atoms with Crippen LogP contribution in [0.15, 0.2) is 48.5 Å². The van der Waals surface area contributed by atoms with Crippen LogP contribution in [-0.4, -0.2) is 27.5 Å². The highest BCUT2D eigenvalue weighted by Gasteiger charge is 2.16. The fraction of sp³-hybridized carbons (Fsp3) is 0.409. The van der Waals surface area contributed by atoms with Gasteiger partial charge in [-0.05, 0) is 48.2 Å². The van der Waals surface area contributed by atoms with Crippen molar-refractivity contribution in [3.05, 3.63) is 65.2 Å². The van der Waals surface area contributed by atoms with Crippen LogP contribution in [0.4, 0.5) is 0 Å². The second-order valence-electron chi connectivity index (χ2n) is 8.03. The summed E-state index contributed by atoms with van der Waals surface area (Å²) in [5, 5.41) is 2.84. The van der Waals surface area contributed by atoms with Gasteiger partial charge >= 0.3 is 0 Å². The minimum Gasteiger partial charge on any atom is -0.481 e. The zero-order valence-electron chi connectivity index (χ0n) is 17.7. The number of hydrogen-bond donors (Lipinski definition) is 2. The van der Waals surface area contributed by atoms with E-state index >= 15 is 0 Å². The lowest BCUT2D eigenvalue weighted by molar-refractivity contribution is -0.127. The van der Waals surface area contributed by atoms with Gasteiger partial charge in [-0.3, -0.25) is 4.79 Å². The lowest BCUT2D eigenvalue weighted by Crippen LogP contribution is -2.35. The highest BCUT2D eigenvalue weighted by molar-refractivity contribution is 7.88. The molecule has 1 amide bonds. The second-order valence-corrected chi connectivity index (χ2v) is 9.96. The molecule has 29 heavy (non-hydrogen) atoms. The van der Waals surface area contributed by atoms with E-state index < -0.39 is 16.1 Å². The molecule has 2 N–H and O–H groups in total. The van der Waals surface area contributed by atoms with Crippen molar-refractivity contribution in [2.45, 2.75) is 51.5 Å². The highest BCUT2D eigenvalue weighted by atomic mass is 32.2. The van der Waals surface area contributed by atoms with Crippen LogP contribution in [-0.2, 0) is 32.5 Å². The van der Waals surface area contributed by atoms with Gasteiger partial charge in [-0.15, -0.1) is 0 Å². The summed E-state index contributed by atoms with van der Waals surface area (Å²) in [6, 6.07) is 14.9. The van der Waals surface area contributed by atoms with Gasteiger partial charge in [0.25, 0.3) is 5.91 Å². The van der Waals surface area contributed by atoms with Crippen LogP contribution in [0, 0.1) is 0 Å². The number of hydrogen-bond acceptors (Lipinski definition) is 4. The third-order valence-corrected chi connectivity index (χ3v) is 5.90. The lowest BCUT2D eigenvalue weighted by Gasteiger charge is -2.20. The summed E-state index contributed by atoms with van der Waals surface area (Å²) >= 11 is 0. The molecule has 2 aromatic carbocycles. The number of carbonyl (C=O) groups excluding carboxylic acids is 1. The van der Waals surface area contributed by atoms with Gasteiger partial charge in [-0.2, -0.15) is 0 Å². The van der Waals surface area contributed by atoms with Crippen molar-refractivity contribution in [3.8, 4) is 5.75 Å². The Hall–Kier alpha value is -2.38. The van der Waals surface area contributed by atoms with E-state index in [1.54, 1.807) is 31.2 Å². The maximum Gasteiger partial charge on any atom is 0.261 e. The van der Waals surface area contributed by atoms with Crippen LogP contribution in [0.2, 0.25) is 0 Å². The molecular weight excluding hydrogens is 388 g/mol. The van der Waals surface area contributed by atoms with Crippen LogP contribution in [0.5, 0.6) is 5.75 Å². The molecule has 0 saturated carbocycles. The summed E-state index contributed by atoms with van der Waals surface area (Å²) in [7, 11) is -1.91. The predicted molar refractivity (Wildman–Crippen MR) is 115 cm³/mol. The Balaban J connectivity index is 1.87. The predicted octanol–water partition coefficient (Wildman–Crippen LogP) is 3.12. The molecule has 2 rings (SSSR count). The van der Waals surface area contributed by atoms with Gasteiger partial charge in [0.2, 0.25) is 10.0 Å². The minimum absolute atomic E-state index is 0.0638. The number of nitrogens with one attached hydrogen (secondary N) is 2. The van der Waals surface area contributed by atoms with E-state index in [4.69, 9.17) is 4.74 Å². The van der Waals surface area contributed by atoms with Crippen molar-refractivity contribution in [1.29, 1.82) is 0 Å². The van der Waals surface area contributed by atoms with Gasteiger partial charge in [0.15, 0.2) is 6.10 Å². The molecular formula is C22H30N2O4S. The quantitative estimate of drug-likeness (QED) is 0.690. The number of amides is 1. The molecule has 0 saturated heterocycles. The molecule has 1 unspecified atom stereocenters. The smallest absolute Gasteiger partial charge is 0.261 e. The Bertz CT molecular complexity index is 915. The third kappa shape index (κ3) is 7.18. The first-order valence-electron chi connectivity index (χ1n) is 9.54. The summed E-state index contributed by atoms with van der Waals surface area (Å²) in [6.07, 6.45) is -0.629. The van der Waals surface area contributed by atoms with E-state index in [0.29, 0.717) is 17.9 Å². The molecule has 158 valence electrons. The van der Waals surface area contributed by atoms with E-state index in [-0.39, 0.29) is 17.1 Å². The fourth-order valence-electron chi connectivity index (χ4n) is 2.67. The Kier molecular flexibility index (Phi) is 7.43. The lowest BCUT2D eigenvalue weighted by atomic mass is 9.87. The zero-order valence-corrected chi connectivity index (χ0v) is 18.5. The molecule has 0 aliphatic heterocycles. The first kappa shape index (κ1) is 22.9. The van der Waals surface area contributed by atoms with Crippen molar-refractivity contribution < 1.29 is 17.9 Å². The normalized spacial score (nSPS) is 13.0. The second kappa shape index (κ2) is 9.41. The number of ether oxygens (including phenoxy) is 1. The van der Waals surface area contributed by atoms with Crippen LogP contribution in [0.1, 0.15) is 44.4 Å². The van der Waals surface area contributed by atoms with Gasteiger partial charge < -0.3 is 10.1 Å². The molecule has 0 aliphatic carbocycles. The molecule has 0 radical (unpaired) electrons. The van der Waals surface area contributed by atoms with Crippen LogP contribution in [0.25, 0.3) is 0 Å². The molecule has 7 heteroatoms. The van der Waals surface area contributed by atoms with Gasteiger partial charge in [-0.25, -0.2) is 13.1 Å². The minimum atomic E-state index is -3.30. The van der Waals surface area contributed by atoms with E-state index in [9.17, 15) is 13.2 Å². The summed E-state index contributed by atoms with van der Waals surface area (Å²) in [5.74, 6) is 0.358. The van der Waals surface area contributed by atoms with Gasteiger partial charge in [0.05, 0.1) is 5.75 Å². The monoisotopic (exact) mass is 418 g/mol. The van der Waals surface area contributed by atoms with Gasteiger partial charge in [0.1, 0.15) is 5.75 Å². The Morgan fingerprint density at radius 2 is 1.55 bits per heavy atom. The van der Waals surface area contributed by atoms with Crippen LogP contribution >= 0.6 is 0 Å². The van der Waals surface area contributed by atoms with Gasteiger partial charge in [0, 0.05) is 6.54 Å². The fourth-order valence-corrected chi connectivity index (χ4v) is 3.44. The molecule has 2 aromatic rings. The molecule has 0 aromatic heterocycles. The average molecular weight is 419 g/mol. The average Bonchev–Trinajstić information content (AvgIpc) is 2.66. The molecule has 0 bridgehead atoms. The molecule has 0 spiro atoms. The molecule has 0 aliphatic rings. The molecule has 0 fully saturated rings. The van der Waals surface area contributed by atoms with Crippen molar-refractivity contribution in [3.63, 3.8) is 0 Å². The van der Waals surface area contributed by atoms with E-state index in [1.165, 1.54) is 12.6 Å². The molecule has 6 nitrogen and oxygen atoms in total. The summed E-state index contributed by atoms with van der Waals surface area (Å²) in [4.78, 5) is 12.3. The number of rotatable bonds is 8. The first-order valence-corrected chi connectivity index (χ1v) is 11.2. The van der Waals surface area contributed by atoms with Crippen molar-refractivity contribution in [2.75, 3.05) is 7.05 Å². The standard InChI is InChI=1S/C22H30N2O4S/c1-16(28-20-12-10-19(11-13-20)22(2,3)4)21(25)24-14-17-6-8-18(9-7-17)15-29(26,27)23-5/h6-13,16,23H,14-15H2,1-5H3,(H,24,25). The topological polar surface area (TPSA) is 84.5 Å². The Labute approximate surface area is 173 Å². The number of carbonyl (C=O) groups is 1. The van der Waals surface area contributed by atoms with E-state index in [0.717, 1.165) is 5.56 Å². The number of benzene rings is 2. The summed E-state index contributed by atoms with van der Waals surface area (Å²) < 4.78 is 31.2. The maximum absolute atomic E-state index is 12.3. The molecule has 0 heterocycles. The summed E-state index contributed by atoms with van der Waals surface area (Å²) in [6.45, 7) is 8.48. The van der Waals surface area contributed by atoms with Crippen LogP contribution < -0.4 is 14.8 Å². The van der Waals surface area contributed by atoms with Crippen molar-refractivity contribution in [2.24, 2.45) is 0 Å². The summed E-state index contributed by atoms with van der Waals surface area (Å²) in [5.41, 5.74) is 2.83. The SMILES string of the molecule is CNS(=O)(=O)Cc1ccc(CNC(=O)C(C)Oc2ccc(C(C)(C)C)cc2)cc1. The largest absolute Gasteiger partial charge is 0.481 e. The molecule has 1 atom stereocenters.